The molecule has 0 saturated carbocycles. The molecule has 0 radical (unpaired) electrons. The number of hydrogen-bond donors (Lipinski definition) is 1. The second-order valence-electron chi connectivity index (χ2n) is 25.2. The van der Waals surface area contributed by atoms with Gasteiger partial charge in [0.25, 0.3) is 0 Å². The zero-order valence-electron chi connectivity index (χ0n) is 56.8. The molecule has 0 aromatic carbocycles. The lowest BCUT2D eigenvalue weighted by atomic mass is 10.0. The summed E-state index contributed by atoms with van der Waals surface area (Å²) in [7, 11) is 1.48. The van der Waals surface area contributed by atoms with E-state index < -0.39 is 26.5 Å². The molecule has 0 heterocycles. The van der Waals surface area contributed by atoms with Crippen LogP contribution in [-0.2, 0) is 32.7 Å². The van der Waals surface area contributed by atoms with Gasteiger partial charge in [-0.1, -0.05) is 310 Å². The van der Waals surface area contributed by atoms with E-state index in [1.54, 1.807) is 0 Å². The van der Waals surface area contributed by atoms with Gasteiger partial charge >= 0.3 is 19.8 Å². The number of carbonyl (C=O) groups is 2. The maximum absolute atomic E-state index is 12.9. The molecule has 2 atom stereocenters. The van der Waals surface area contributed by atoms with E-state index in [-0.39, 0.29) is 32.0 Å². The summed E-state index contributed by atoms with van der Waals surface area (Å²) in [5.74, 6) is -0.788. The Hall–Kier alpha value is -3.07. The third-order valence-corrected chi connectivity index (χ3v) is 16.6. The Morgan fingerprint density at radius 1 is 0.372 bits per heavy atom. The van der Waals surface area contributed by atoms with Crippen LogP contribution in [0.25, 0.3) is 0 Å². The molecule has 0 saturated heterocycles. The quantitative estimate of drug-likeness (QED) is 0.0211. The van der Waals surface area contributed by atoms with Crippen LogP contribution in [0.3, 0.4) is 0 Å². The van der Waals surface area contributed by atoms with E-state index in [4.69, 9.17) is 18.5 Å². The number of unbranched alkanes of at least 4 members (excludes halogenated alkanes) is 36. The minimum Gasteiger partial charge on any atom is -0.462 e. The van der Waals surface area contributed by atoms with Crippen molar-refractivity contribution in [1.29, 1.82) is 0 Å². The molecule has 0 fully saturated rings. The summed E-state index contributed by atoms with van der Waals surface area (Å²) in [6.07, 6.45) is 92.3. The molecule has 0 aromatic rings. The van der Waals surface area contributed by atoms with Crippen molar-refractivity contribution in [3.63, 3.8) is 0 Å². The van der Waals surface area contributed by atoms with Gasteiger partial charge in [0.1, 0.15) is 19.8 Å². The monoisotopic (exact) mass is 1220 g/mol. The maximum Gasteiger partial charge on any atom is 0.472 e. The van der Waals surface area contributed by atoms with E-state index in [1.165, 1.54) is 205 Å². The lowest BCUT2D eigenvalue weighted by Crippen LogP contribution is -2.37. The van der Waals surface area contributed by atoms with E-state index in [0.717, 1.165) is 83.5 Å². The number of hydrogen-bond acceptors (Lipinski definition) is 7. The minimum atomic E-state index is -4.40. The third-order valence-electron chi connectivity index (χ3n) is 15.6. The Balaban J connectivity index is 4.03. The fourth-order valence-corrected chi connectivity index (χ4v) is 10.9. The van der Waals surface area contributed by atoms with E-state index in [0.29, 0.717) is 17.4 Å². The van der Waals surface area contributed by atoms with Crippen LogP contribution >= 0.6 is 7.82 Å². The number of allylic oxidation sites excluding steroid dienone is 16. The molecule has 9 nitrogen and oxygen atoms in total. The smallest absolute Gasteiger partial charge is 0.462 e. The van der Waals surface area contributed by atoms with Crippen molar-refractivity contribution < 1.29 is 42.1 Å². The Bertz CT molecular complexity index is 1770. The first kappa shape index (κ1) is 82.9. The normalized spacial score (nSPS) is 13.7. The lowest BCUT2D eigenvalue weighted by Gasteiger charge is -2.24. The van der Waals surface area contributed by atoms with Gasteiger partial charge < -0.3 is 18.9 Å². The Morgan fingerprint density at radius 3 is 0.988 bits per heavy atom. The molecule has 0 aliphatic rings. The third kappa shape index (κ3) is 70.0. The van der Waals surface area contributed by atoms with E-state index in [2.05, 4.69) is 111 Å². The number of phosphoric ester groups is 1. The van der Waals surface area contributed by atoms with Crippen molar-refractivity contribution >= 4 is 19.8 Å². The molecule has 0 spiro atoms. The number of nitrogens with zero attached hydrogens (tertiary/aromatic N) is 1. The number of likely N-dealkylation sites (N-methyl/N-ethyl adjacent to an activating group) is 1. The van der Waals surface area contributed by atoms with Crippen LogP contribution in [0.5, 0.6) is 0 Å². The standard InChI is InChI=1S/C76H136NO8P/c1-6-8-10-12-14-16-18-20-22-24-26-28-30-32-34-36-38-40-42-44-46-48-50-52-54-56-58-60-62-64-66-68-75(78)82-72-74(73-84-86(80,81)83-71-70-77(3,4)5)85-76(79)69-67-65-63-61-59-57-55-53-51-49-47-45-43-41-39-37-35-33-31-29-27-25-23-21-19-17-15-13-11-9-7-2/h9,11,15,17-18,20-21,23-24,26-27,29-30,32-33,35,74H,6-8,10,12-14,16,19,22,25,28,31,34,36-73H2,1-5H3/p+1/b11-9-,17-15-,20-18-,23-21-,26-24-,29-27-,32-30-,35-33-. The van der Waals surface area contributed by atoms with Crippen molar-refractivity contribution in [1.82, 2.24) is 0 Å². The minimum absolute atomic E-state index is 0.0298. The number of quaternary nitrogens is 1. The molecule has 0 aliphatic heterocycles. The maximum atomic E-state index is 12.9. The SMILES string of the molecule is CC/C=C\C/C=C\C/C=C\C/C=C\C/C=C\CCCCCCCCCCCCCCCCCC(=O)OC(COC(=O)CCCCCCCCCCCCCCCCCC/C=C\C/C=C\C/C=C\CCCCCCC)COP(=O)(O)OCC[N+](C)(C)C. The summed E-state index contributed by atoms with van der Waals surface area (Å²) < 4.78 is 34.8. The molecule has 0 rings (SSSR count). The Kier molecular flexibility index (Phi) is 64.0. The molecule has 0 bridgehead atoms. The number of ether oxygens (including phenoxy) is 2. The molecule has 0 aliphatic carbocycles. The molecular weight excluding hydrogens is 1090 g/mol. The lowest BCUT2D eigenvalue weighted by molar-refractivity contribution is -0.870. The summed E-state index contributed by atoms with van der Waals surface area (Å²) in [4.78, 5) is 35.9. The first-order valence-electron chi connectivity index (χ1n) is 36.0. The largest absolute Gasteiger partial charge is 0.472 e. The van der Waals surface area contributed by atoms with Gasteiger partial charge in [-0.05, 0) is 96.3 Å². The van der Waals surface area contributed by atoms with Crippen molar-refractivity contribution in [3.8, 4) is 0 Å². The van der Waals surface area contributed by atoms with Crippen molar-refractivity contribution in [3.05, 3.63) is 97.2 Å². The van der Waals surface area contributed by atoms with E-state index in [9.17, 15) is 19.0 Å². The van der Waals surface area contributed by atoms with Crippen molar-refractivity contribution in [2.24, 2.45) is 0 Å². The van der Waals surface area contributed by atoms with Crippen LogP contribution in [0, 0.1) is 0 Å². The van der Waals surface area contributed by atoms with Crippen LogP contribution in [0.15, 0.2) is 97.2 Å². The molecule has 10 heteroatoms. The predicted molar refractivity (Wildman–Crippen MR) is 372 cm³/mol. The number of carbonyl (C=O) groups excluding carboxylic acids is 2. The molecule has 2 unspecified atom stereocenters. The second kappa shape index (κ2) is 66.4. The van der Waals surface area contributed by atoms with Crippen LogP contribution in [0.2, 0.25) is 0 Å². The highest BCUT2D eigenvalue weighted by molar-refractivity contribution is 7.47. The van der Waals surface area contributed by atoms with Gasteiger partial charge in [0, 0.05) is 12.8 Å². The number of esters is 2. The summed E-state index contributed by atoms with van der Waals surface area (Å²) in [6.45, 7) is 4.34. The topological polar surface area (TPSA) is 108 Å². The fourth-order valence-electron chi connectivity index (χ4n) is 10.1. The van der Waals surface area contributed by atoms with Gasteiger partial charge in [0.2, 0.25) is 0 Å². The molecule has 0 amide bonds. The highest BCUT2D eigenvalue weighted by Crippen LogP contribution is 2.43. The van der Waals surface area contributed by atoms with Gasteiger partial charge in [0.15, 0.2) is 6.10 Å². The molecule has 0 aromatic heterocycles. The van der Waals surface area contributed by atoms with Gasteiger partial charge in [-0.15, -0.1) is 0 Å². The van der Waals surface area contributed by atoms with E-state index >= 15 is 0 Å². The van der Waals surface area contributed by atoms with Gasteiger partial charge in [-0.25, -0.2) is 4.57 Å². The van der Waals surface area contributed by atoms with Gasteiger partial charge in [-0.3, -0.25) is 18.6 Å². The van der Waals surface area contributed by atoms with Crippen LogP contribution in [0.1, 0.15) is 322 Å². The predicted octanol–water partition coefficient (Wildman–Crippen LogP) is 23.5. The highest BCUT2D eigenvalue weighted by Gasteiger charge is 2.27. The Labute approximate surface area is 532 Å². The zero-order valence-corrected chi connectivity index (χ0v) is 57.7. The average molecular weight is 1220 g/mol. The average Bonchev–Trinajstić information content (AvgIpc) is 3.56. The van der Waals surface area contributed by atoms with Crippen LogP contribution in [0.4, 0.5) is 0 Å². The second-order valence-corrected chi connectivity index (χ2v) is 26.7. The van der Waals surface area contributed by atoms with Crippen molar-refractivity contribution in [2.75, 3.05) is 47.5 Å². The number of rotatable bonds is 66. The molecular formula is C76H137NO8P+. The first-order valence-corrected chi connectivity index (χ1v) is 37.5. The molecule has 86 heavy (non-hydrogen) atoms. The zero-order chi connectivity index (χ0) is 62.6. The Morgan fingerprint density at radius 2 is 0.663 bits per heavy atom. The molecule has 1 N–H and O–H groups in total. The summed E-state index contributed by atoms with van der Waals surface area (Å²) >= 11 is 0. The summed E-state index contributed by atoms with van der Waals surface area (Å²) in [6, 6.07) is 0. The van der Waals surface area contributed by atoms with E-state index in [1.807, 2.05) is 21.1 Å². The fraction of sp³-hybridized carbons (Fsp3) is 0.763. The van der Waals surface area contributed by atoms with Crippen LogP contribution in [-0.4, -0.2) is 74.9 Å². The first-order chi connectivity index (χ1) is 42.0. The van der Waals surface area contributed by atoms with Gasteiger partial charge in [-0.2, -0.15) is 0 Å². The summed E-state index contributed by atoms with van der Waals surface area (Å²) in [5, 5.41) is 0. The highest BCUT2D eigenvalue weighted by atomic mass is 31.2. The van der Waals surface area contributed by atoms with Gasteiger partial charge in [0.05, 0.1) is 27.7 Å². The number of phosphoric acid groups is 1. The van der Waals surface area contributed by atoms with Crippen LogP contribution < -0.4 is 0 Å². The van der Waals surface area contributed by atoms with Crippen molar-refractivity contribution in [2.45, 2.75) is 328 Å². The summed E-state index contributed by atoms with van der Waals surface area (Å²) in [5.41, 5.74) is 0. The molecule has 498 valence electrons.